The summed E-state index contributed by atoms with van der Waals surface area (Å²) in [5, 5.41) is 22.8. The maximum absolute atomic E-state index is 9.81. The third-order valence-corrected chi connectivity index (χ3v) is 4.03. The molecular weight excluding hydrogens is 250 g/mol. The Morgan fingerprint density at radius 1 is 1.50 bits per heavy atom. The van der Waals surface area contributed by atoms with Crippen LogP contribution in [0.4, 0.5) is 5.13 Å². The summed E-state index contributed by atoms with van der Waals surface area (Å²) in [6, 6.07) is 0.400. The van der Waals surface area contributed by atoms with Crippen LogP contribution >= 0.6 is 11.3 Å². The van der Waals surface area contributed by atoms with Crippen molar-refractivity contribution in [3.63, 3.8) is 0 Å². The summed E-state index contributed by atoms with van der Waals surface area (Å²) in [5.41, 5.74) is 0. The zero-order chi connectivity index (χ0) is 13.1. The molecule has 2 N–H and O–H groups in total. The highest BCUT2D eigenvalue weighted by atomic mass is 32.1. The quantitative estimate of drug-likeness (QED) is 0.790. The lowest BCUT2D eigenvalue weighted by Gasteiger charge is -2.25. The van der Waals surface area contributed by atoms with Gasteiger partial charge < -0.3 is 15.3 Å². The largest absolute Gasteiger partial charge is 0.392 e. The van der Waals surface area contributed by atoms with Crippen LogP contribution < -0.4 is 5.32 Å². The minimum absolute atomic E-state index is 0.216. The fourth-order valence-electron chi connectivity index (χ4n) is 2.35. The van der Waals surface area contributed by atoms with E-state index < -0.39 is 0 Å². The molecule has 7 heteroatoms. The summed E-state index contributed by atoms with van der Waals surface area (Å²) in [7, 11) is 5.97. The fourth-order valence-corrected chi connectivity index (χ4v) is 3.07. The van der Waals surface area contributed by atoms with Gasteiger partial charge in [-0.1, -0.05) is 11.3 Å². The van der Waals surface area contributed by atoms with Gasteiger partial charge in [-0.2, -0.15) is 0 Å². The SMILES string of the molecule is CNc1nnc(CN2CC(O)CC2CN(C)C)s1. The number of nitrogens with zero attached hydrogens (tertiary/aromatic N) is 4. The van der Waals surface area contributed by atoms with Crippen molar-refractivity contribution in [1.29, 1.82) is 0 Å². The molecule has 0 aromatic carbocycles. The average molecular weight is 271 g/mol. The van der Waals surface area contributed by atoms with E-state index in [2.05, 4.69) is 39.4 Å². The molecule has 0 saturated carbocycles. The lowest BCUT2D eigenvalue weighted by atomic mass is 10.2. The summed E-state index contributed by atoms with van der Waals surface area (Å²) in [5.74, 6) is 0. The lowest BCUT2D eigenvalue weighted by molar-refractivity contribution is 0.169. The summed E-state index contributed by atoms with van der Waals surface area (Å²) in [4.78, 5) is 4.46. The standard InChI is InChI=1S/C11H21N5OS/c1-12-11-14-13-10(18-11)7-16-6-9(17)4-8(16)5-15(2)3/h8-9,17H,4-7H2,1-3H3,(H,12,14). The van der Waals surface area contributed by atoms with Crippen LogP contribution in [-0.2, 0) is 6.54 Å². The van der Waals surface area contributed by atoms with Gasteiger partial charge in [0, 0.05) is 26.2 Å². The number of hydrogen-bond donors (Lipinski definition) is 2. The van der Waals surface area contributed by atoms with Crippen LogP contribution in [0.2, 0.25) is 0 Å². The molecule has 0 amide bonds. The number of aliphatic hydroxyl groups is 1. The summed E-state index contributed by atoms with van der Waals surface area (Å²) >= 11 is 1.57. The van der Waals surface area contributed by atoms with E-state index in [1.165, 1.54) is 0 Å². The van der Waals surface area contributed by atoms with Crippen LogP contribution in [0.15, 0.2) is 0 Å². The van der Waals surface area contributed by atoms with Gasteiger partial charge >= 0.3 is 0 Å². The number of likely N-dealkylation sites (tertiary alicyclic amines) is 1. The average Bonchev–Trinajstić information content (AvgIpc) is 2.86. The molecule has 1 aromatic rings. The monoisotopic (exact) mass is 271 g/mol. The van der Waals surface area contributed by atoms with Crippen molar-refractivity contribution in [2.45, 2.75) is 25.1 Å². The third-order valence-electron chi connectivity index (χ3n) is 3.10. The van der Waals surface area contributed by atoms with Crippen molar-refractivity contribution in [2.24, 2.45) is 0 Å². The molecular formula is C11H21N5OS. The number of likely N-dealkylation sites (N-methyl/N-ethyl adjacent to an activating group) is 1. The predicted molar refractivity (Wildman–Crippen MR) is 72.8 cm³/mol. The predicted octanol–water partition coefficient (Wildman–Crippen LogP) is 0.0766. The topological polar surface area (TPSA) is 64.5 Å². The Hall–Kier alpha value is -0.760. The van der Waals surface area contributed by atoms with Crippen LogP contribution in [-0.4, -0.2) is 71.5 Å². The normalized spacial score (nSPS) is 24.9. The highest BCUT2D eigenvalue weighted by Gasteiger charge is 2.31. The van der Waals surface area contributed by atoms with Crippen molar-refractivity contribution >= 4 is 16.5 Å². The molecule has 0 spiro atoms. The number of β-amino-alcohol motifs (C(OH)–C–C–N with tert-alkyl or cyclic N) is 1. The maximum Gasteiger partial charge on any atom is 0.205 e. The molecule has 2 atom stereocenters. The van der Waals surface area contributed by atoms with Crippen molar-refractivity contribution in [3.8, 4) is 0 Å². The second kappa shape index (κ2) is 5.92. The summed E-state index contributed by atoms with van der Waals surface area (Å²) in [6.07, 6.45) is 0.627. The molecule has 18 heavy (non-hydrogen) atoms. The molecule has 0 aliphatic carbocycles. The lowest BCUT2D eigenvalue weighted by Crippen LogP contribution is -2.37. The first-order chi connectivity index (χ1) is 8.58. The Kier molecular flexibility index (Phi) is 4.50. The second-order valence-corrected chi connectivity index (χ2v) is 6.05. The van der Waals surface area contributed by atoms with Gasteiger partial charge in [0.05, 0.1) is 12.6 Å². The van der Waals surface area contributed by atoms with Crippen LogP contribution in [0.25, 0.3) is 0 Å². The van der Waals surface area contributed by atoms with E-state index in [1.54, 1.807) is 11.3 Å². The van der Waals surface area contributed by atoms with Gasteiger partial charge in [0.1, 0.15) is 5.01 Å². The molecule has 6 nitrogen and oxygen atoms in total. The third kappa shape index (κ3) is 3.38. The number of rotatable bonds is 5. The summed E-state index contributed by atoms with van der Waals surface area (Å²) in [6.45, 7) is 2.47. The fraction of sp³-hybridized carbons (Fsp3) is 0.818. The minimum Gasteiger partial charge on any atom is -0.392 e. The molecule has 102 valence electrons. The first kappa shape index (κ1) is 13.7. The van der Waals surface area contributed by atoms with E-state index in [4.69, 9.17) is 0 Å². The van der Waals surface area contributed by atoms with Crippen LogP contribution in [0.5, 0.6) is 0 Å². The van der Waals surface area contributed by atoms with Gasteiger partial charge in [-0.15, -0.1) is 10.2 Å². The number of aliphatic hydroxyl groups excluding tert-OH is 1. The molecule has 1 aromatic heterocycles. The van der Waals surface area contributed by atoms with Crippen LogP contribution in [0, 0.1) is 0 Å². The van der Waals surface area contributed by atoms with Crippen molar-refractivity contribution in [2.75, 3.05) is 39.5 Å². The van der Waals surface area contributed by atoms with Gasteiger partial charge in [-0.25, -0.2) is 0 Å². The number of nitrogens with one attached hydrogen (secondary N) is 1. The Bertz CT molecular complexity index is 383. The highest BCUT2D eigenvalue weighted by molar-refractivity contribution is 7.15. The molecule has 1 aliphatic heterocycles. The zero-order valence-corrected chi connectivity index (χ0v) is 11.9. The van der Waals surface area contributed by atoms with Crippen molar-refractivity contribution in [3.05, 3.63) is 5.01 Å². The Morgan fingerprint density at radius 3 is 2.89 bits per heavy atom. The highest BCUT2D eigenvalue weighted by Crippen LogP contribution is 2.23. The van der Waals surface area contributed by atoms with Gasteiger partial charge in [-0.05, 0) is 20.5 Å². The number of hydrogen-bond acceptors (Lipinski definition) is 7. The molecule has 2 unspecified atom stereocenters. The van der Waals surface area contributed by atoms with E-state index in [-0.39, 0.29) is 6.10 Å². The second-order valence-electron chi connectivity index (χ2n) is 4.99. The van der Waals surface area contributed by atoms with Crippen LogP contribution in [0.1, 0.15) is 11.4 Å². The van der Waals surface area contributed by atoms with Gasteiger partial charge in [0.25, 0.3) is 0 Å². The van der Waals surface area contributed by atoms with Gasteiger partial charge in [0.2, 0.25) is 5.13 Å². The smallest absolute Gasteiger partial charge is 0.205 e. The molecule has 1 fully saturated rings. The molecule has 2 heterocycles. The maximum atomic E-state index is 9.81. The molecule has 0 bridgehead atoms. The van der Waals surface area contributed by atoms with Gasteiger partial charge in [-0.3, -0.25) is 4.90 Å². The van der Waals surface area contributed by atoms with Crippen LogP contribution in [0.3, 0.4) is 0 Å². The first-order valence-corrected chi connectivity index (χ1v) is 6.97. The first-order valence-electron chi connectivity index (χ1n) is 6.15. The molecule has 2 rings (SSSR count). The van der Waals surface area contributed by atoms with E-state index in [0.717, 1.165) is 36.2 Å². The number of aromatic nitrogens is 2. The van der Waals surface area contributed by atoms with E-state index in [0.29, 0.717) is 6.04 Å². The van der Waals surface area contributed by atoms with E-state index in [9.17, 15) is 5.11 Å². The molecule has 1 saturated heterocycles. The van der Waals surface area contributed by atoms with Gasteiger partial charge in [0.15, 0.2) is 0 Å². The van der Waals surface area contributed by atoms with Crippen molar-refractivity contribution in [1.82, 2.24) is 20.0 Å². The molecule has 1 aliphatic rings. The molecule has 0 radical (unpaired) electrons. The Labute approximate surface area is 112 Å². The Morgan fingerprint density at radius 2 is 2.28 bits per heavy atom. The van der Waals surface area contributed by atoms with E-state index >= 15 is 0 Å². The van der Waals surface area contributed by atoms with E-state index in [1.807, 2.05) is 7.05 Å². The minimum atomic E-state index is -0.216. The Balaban J connectivity index is 1.97. The zero-order valence-electron chi connectivity index (χ0n) is 11.1. The summed E-state index contributed by atoms with van der Waals surface area (Å²) < 4.78 is 0. The van der Waals surface area contributed by atoms with Crippen molar-refractivity contribution < 1.29 is 5.11 Å². The number of anilines is 1.